The maximum absolute atomic E-state index is 12.3. The van der Waals surface area contributed by atoms with Crippen molar-refractivity contribution < 1.29 is 9.53 Å². The number of fused-ring (bicyclic) bond motifs is 1. The molecule has 0 aliphatic rings. The molecule has 0 aliphatic carbocycles. The van der Waals surface area contributed by atoms with E-state index in [0.717, 1.165) is 26.9 Å². The fourth-order valence-corrected chi connectivity index (χ4v) is 3.38. The van der Waals surface area contributed by atoms with E-state index in [4.69, 9.17) is 10.6 Å². The largest absolute Gasteiger partial charge is 0.457 e. The summed E-state index contributed by atoms with van der Waals surface area (Å²) in [5, 5.41) is 1.02. The third kappa shape index (κ3) is 3.64. The molecule has 3 aromatic rings. The number of hydrazine groups is 1. The second kappa shape index (κ2) is 7.46. The van der Waals surface area contributed by atoms with Gasteiger partial charge in [-0.3, -0.25) is 5.84 Å². The van der Waals surface area contributed by atoms with Gasteiger partial charge in [-0.05, 0) is 41.6 Å². The van der Waals surface area contributed by atoms with Crippen LogP contribution < -0.4 is 11.3 Å². The third-order valence-corrected chi connectivity index (χ3v) is 4.75. The monoisotopic (exact) mass is 348 g/mol. The number of benzene rings is 2. The van der Waals surface area contributed by atoms with E-state index in [-0.39, 0.29) is 25.0 Å². The summed E-state index contributed by atoms with van der Waals surface area (Å²) in [5.41, 5.74) is 5.34. The number of esters is 1. The Balaban J connectivity index is 0.00000192. The molecule has 0 saturated heterocycles. The first kappa shape index (κ1) is 17.3. The smallest absolute Gasteiger partial charge is 0.348 e. The fourth-order valence-electron chi connectivity index (χ4n) is 2.29. The first-order chi connectivity index (χ1) is 10.7. The van der Waals surface area contributed by atoms with Crippen LogP contribution in [-0.2, 0) is 11.3 Å². The maximum atomic E-state index is 12.3. The number of nitrogens with two attached hydrogens (primary N) is 1. The van der Waals surface area contributed by atoms with Gasteiger partial charge in [-0.15, -0.1) is 23.7 Å². The van der Waals surface area contributed by atoms with E-state index in [0.29, 0.717) is 4.88 Å². The van der Waals surface area contributed by atoms with E-state index >= 15 is 0 Å². The summed E-state index contributed by atoms with van der Waals surface area (Å²) in [4.78, 5) is 12.9. The zero-order valence-electron chi connectivity index (χ0n) is 12.5. The fraction of sp³-hybridized carbons (Fsp3) is 0.118. The Morgan fingerprint density at radius 3 is 2.65 bits per heavy atom. The minimum Gasteiger partial charge on any atom is -0.457 e. The molecule has 2 aromatic carbocycles. The van der Waals surface area contributed by atoms with Crippen molar-refractivity contribution in [3.63, 3.8) is 0 Å². The average molecular weight is 349 g/mol. The van der Waals surface area contributed by atoms with Crippen LogP contribution in [0.3, 0.4) is 0 Å². The number of nitrogens with one attached hydrogen (secondary N) is 1. The topological polar surface area (TPSA) is 64.3 Å². The predicted octanol–water partition coefficient (Wildman–Crippen LogP) is 4.27. The van der Waals surface area contributed by atoms with Crippen molar-refractivity contribution in [2.24, 2.45) is 5.84 Å². The van der Waals surface area contributed by atoms with Gasteiger partial charge in [0.2, 0.25) is 0 Å². The molecule has 0 atom stereocenters. The molecule has 0 aliphatic heterocycles. The summed E-state index contributed by atoms with van der Waals surface area (Å²) in [6.45, 7) is 2.21. The van der Waals surface area contributed by atoms with Gasteiger partial charge in [0.15, 0.2) is 0 Å². The highest BCUT2D eigenvalue weighted by atomic mass is 35.5. The molecular weight excluding hydrogens is 332 g/mol. The molecule has 0 radical (unpaired) electrons. The number of hydrogen-bond acceptors (Lipinski definition) is 5. The number of nitrogen functional groups attached to an aromatic ring is 1. The molecule has 0 spiro atoms. The van der Waals surface area contributed by atoms with Crippen LogP contribution in [0.25, 0.3) is 10.1 Å². The SMILES string of the molecule is Cc1c(C(=O)OCc2ccccc2)sc2ccc(NN)cc12.Cl. The van der Waals surface area contributed by atoms with Crippen molar-refractivity contribution in [3.8, 4) is 0 Å². The third-order valence-electron chi connectivity index (χ3n) is 3.50. The highest BCUT2D eigenvalue weighted by Gasteiger charge is 2.17. The predicted molar refractivity (Wildman–Crippen MR) is 97.2 cm³/mol. The normalized spacial score (nSPS) is 10.2. The summed E-state index contributed by atoms with van der Waals surface area (Å²) in [7, 11) is 0. The highest BCUT2D eigenvalue weighted by Crippen LogP contribution is 2.33. The van der Waals surface area contributed by atoms with E-state index in [1.54, 1.807) is 0 Å². The number of carbonyl (C=O) groups excluding carboxylic acids is 1. The Bertz CT molecular complexity index is 818. The molecule has 4 nitrogen and oxygen atoms in total. The van der Waals surface area contributed by atoms with Crippen LogP contribution in [-0.4, -0.2) is 5.97 Å². The highest BCUT2D eigenvalue weighted by molar-refractivity contribution is 7.21. The molecule has 0 saturated carbocycles. The lowest BCUT2D eigenvalue weighted by molar-refractivity contribution is 0.0478. The molecule has 3 N–H and O–H groups in total. The van der Waals surface area contributed by atoms with Crippen LogP contribution in [0.4, 0.5) is 5.69 Å². The van der Waals surface area contributed by atoms with E-state index in [1.807, 2.05) is 55.5 Å². The van der Waals surface area contributed by atoms with Crippen LogP contribution in [0.5, 0.6) is 0 Å². The summed E-state index contributed by atoms with van der Waals surface area (Å²) in [6.07, 6.45) is 0. The molecule has 3 rings (SSSR count). The van der Waals surface area contributed by atoms with Gasteiger partial charge in [0.25, 0.3) is 0 Å². The first-order valence-corrected chi connectivity index (χ1v) is 7.71. The Kier molecular flexibility index (Phi) is 5.60. The van der Waals surface area contributed by atoms with Gasteiger partial charge in [0.1, 0.15) is 11.5 Å². The van der Waals surface area contributed by atoms with E-state index in [9.17, 15) is 4.79 Å². The lowest BCUT2D eigenvalue weighted by Gasteiger charge is -2.04. The number of ether oxygens (including phenoxy) is 1. The maximum Gasteiger partial charge on any atom is 0.348 e. The number of thiophene rings is 1. The molecule has 1 heterocycles. The zero-order chi connectivity index (χ0) is 15.5. The summed E-state index contributed by atoms with van der Waals surface area (Å²) in [6, 6.07) is 15.4. The van der Waals surface area contributed by atoms with Gasteiger partial charge in [-0.25, -0.2) is 4.79 Å². The van der Waals surface area contributed by atoms with Gasteiger partial charge in [-0.1, -0.05) is 30.3 Å². The second-order valence-corrected chi connectivity index (χ2v) is 6.03. The van der Waals surface area contributed by atoms with Crippen LogP contribution in [0.1, 0.15) is 20.8 Å². The molecule has 0 fully saturated rings. The van der Waals surface area contributed by atoms with Gasteiger partial charge in [0.05, 0.1) is 0 Å². The van der Waals surface area contributed by atoms with E-state index in [2.05, 4.69) is 5.43 Å². The Morgan fingerprint density at radius 1 is 1.22 bits per heavy atom. The lowest BCUT2D eigenvalue weighted by Crippen LogP contribution is -2.06. The van der Waals surface area contributed by atoms with Gasteiger partial charge < -0.3 is 10.2 Å². The van der Waals surface area contributed by atoms with Crippen LogP contribution in [0.15, 0.2) is 48.5 Å². The van der Waals surface area contributed by atoms with Gasteiger partial charge >= 0.3 is 5.97 Å². The van der Waals surface area contributed by atoms with Gasteiger partial charge in [0, 0.05) is 10.4 Å². The van der Waals surface area contributed by atoms with Gasteiger partial charge in [-0.2, -0.15) is 0 Å². The summed E-state index contributed by atoms with van der Waals surface area (Å²) >= 11 is 1.44. The summed E-state index contributed by atoms with van der Waals surface area (Å²) in [5.74, 6) is 5.14. The zero-order valence-corrected chi connectivity index (χ0v) is 14.2. The molecule has 0 amide bonds. The standard InChI is InChI=1S/C17H16N2O2S.ClH/c1-11-14-9-13(19-18)7-8-15(14)22-16(11)17(20)21-10-12-5-3-2-4-6-12;/h2-9,19H,10,18H2,1H3;1H. The van der Waals surface area contributed by atoms with E-state index < -0.39 is 0 Å². The number of aryl methyl sites for hydroxylation is 1. The number of carbonyl (C=O) groups is 1. The van der Waals surface area contributed by atoms with Crippen molar-refractivity contribution in [2.75, 3.05) is 5.43 Å². The van der Waals surface area contributed by atoms with Crippen molar-refractivity contribution in [1.29, 1.82) is 0 Å². The number of hydrogen-bond donors (Lipinski definition) is 2. The Morgan fingerprint density at radius 2 is 1.96 bits per heavy atom. The quantitative estimate of drug-likeness (QED) is 0.420. The van der Waals surface area contributed by atoms with Crippen molar-refractivity contribution in [3.05, 3.63) is 64.5 Å². The van der Waals surface area contributed by atoms with Crippen molar-refractivity contribution in [2.45, 2.75) is 13.5 Å². The minimum absolute atomic E-state index is 0. The molecule has 23 heavy (non-hydrogen) atoms. The lowest BCUT2D eigenvalue weighted by atomic mass is 10.1. The molecule has 120 valence electrons. The molecule has 1 aromatic heterocycles. The van der Waals surface area contributed by atoms with Crippen LogP contribution in [0.2, 0.25) is 0 Å². The van der Waals surface area contributed by atoms with Crippen molar-refractivity contribution >= 4 is 45.5 Å². The molecule has 0 unspecified atom stereocenters. The van der Waals surface area contributed by atoms with Crippen LogP contribution >= 0.6 is 23.7 Å². The molecule has 6 heteroatoms. The molecule has 0 bridgehead atoms. The Hall–Kier alpha value is -2.08. The average Bonchev–Trinajstić information content (AvgIpc) is 2.90. The first-order valence-electron chi connectivity index (χ1n) is 6.90. The minimum atomic E-state index is -0.287. The number of halogens is 1. The van der Waals surface area contributed by atoms with Crippen molar-refractivity contribution in [1.82, 2.24) is 0 Å². The van der Waals surface area contributed by atoms with E-state index in [1.165, 1.54) is 11.3 Å². The number of rotatable bonds is 4. The second-order valence-electron chi connectivity index (χ2n) is 4.97. The Labute approximate surface area is 144 Å². The number of anilines is 1. The van der Waals surface area contributed by atoms with Crippen LogP contribution in [0, 0.1) is 6.92 Å². The summed E-state index contributed by atoms with van der Waals surface area (Å²) < 4.78 is 6.46. The molecular formula is C17H17ClN2O2S.